The van der Waals surface area contributed by atoms with E-state index in [4.69, 9.17) is 0 Å². The monoisotopic (exact) mass is 396 g/mol. The molecule has 148 valence electrons. The molecule has 4 aromatic rings. The molecule has 6 heteroatoms. The smallest absolute Gasteiger partial charge is 0.267 e. The third-order valence-electron chi connectivity index (χ3n) is 4.83. The molecule has 0 bridgehead atoms. The third-order valence-corrected chi connectivity index (χ3v) is 4.83. The first-order valence-electron chi connectivity index (χ1n) is 9.65. The molecule has 2 aromatic carbocycles. The summed E-state index contributed by atoms with van der Waals surface area (Å²) < 4.78 is 0. The van der Waals surface area contributed by atoms with Crippen LogP contribution >= 0.6 is 0 Å². The van der Waals surface area contributed by atoms with E-state index in [0.717, 1.165) is 17.5 Å². The van der Waals surface area contributed by atoms with Gasteiger partial charge in [-0.1, -0.05) is 37.3 Å². The number of amides is 2. The van der Waals surface area contributed by atoms with Crippen molar-refractivity contribution in [3.05, 3.63) is 95.8 Å². The van der Waals surface area contributed by atoms with Crippen LogP contribution in [0.4, 0.5) is 0 Å². The van der Waals surface area contributed by atoms with Gasteiger partial charge in [0.1, 0.15) is 0 Å². The SMILES string of the molecule is CCc1ccc(C(=O)NNC(=O)c2cc(-c3cccnc3)nc3ccccc23)cc1. The van der Waals surface area contributed by atoms with Gasteiger partial charge in [-0.15, -0.1) is 0 Å². The van der Waals surface area contributed by atoms with Crippen molar-refractivity contribution in [1.29, 1.82) is 0 Å². The van der Waals surface area contributed by atoms with Crippen molar-refractivity contribution in [2.75, 3.05) is 0 Å². The van der Waals surface area contributed by atoms with E-state index in [9.17, 15) is 9.59 Å². The number of hydrogen-bond acceptors (Lipinski definition) is 4. The van der Waals surface area contributed by atoms with Gasteiger partial charge in [-0.05, 0) is 48.4 Å². The fourth-order valence-electron chi connectivity index (χ4n) is 3.17. The van der Waals surface area contributed by atoms with Crippen LogP contribution < -0.4 is 10.9 Å². The van der Waals surface area contributed by atoms with Crippen molar-refractivity contribution < 1.29 is 9.59 Å². The van der Waals surface area contributed by atoms with Crippen molar-refractivity contribution >= 4 is 22.7 Å². The number of hydrogen-bond donors (Lipinski definition) is 2. The molecule has 0 saturated carbocycles. The van der Waals surface area contributed by atoms with Gasteiger partial charge in [0.25, 0.3) is 11.8 Å². The van der Waals surface area contributed by atoms with Crippen LogP contribution in [-0.2, 0) is 6.42 Å². The molecular weight excluding hydrogens is 376 g/mol. The number of rotatable bonds is 4. The maximum atomic E-state index is 12.9. The van der Waals surface area contributed by atoms with Crippen molar-refractivity contribution in [2.24, 2.45) is 0 Å². The topological polar surface area (TPSA) is 84.0 Å². The zero-order chi connectivity index (χ0) is 20.9. The zero-order valence-electron chi connectivity index (χ0n) is 16.4. The zero-order valence-corrected chi connectivity index (χ0v) is 16.4. The van der Waals surface area contributed by atoms with Crippen molar-refractivity contribution in [3.8, 4) is 11.3 Å². The largest absolute Gasteiger partial charge is 0.270 e. The number of aromatic nitrogens is 2. The quantitative estimate of drug-likeness (QED) is 0.512. The van der Waals surface area contributed by atoms with Gasteiger partial charge in [0, 0.05) is 28.9 Å². The van der Waals surface area contributed by atoms with Crippen LogP contribution in [0.25, 0.3) is 22.2 Å². The van der Waals surface area contributed by atoms with Crippen LogP contribution in [0.5, 0.6) is 0 Å². The molecule has 0 saturated heterocycles. The van der Waals surface area contributed by atoms with Crippen LogP contribution in [0.3, 0.4) is 0 Å². The minimum Gasteiger partial charge on any atom is -0.267 e. The van der Waals surface area contributed by atoms with E-state index in [1.807, 2.05) is 55.5 Å². The van der Waals surface area contributed by atoms with Crippen molar-refractivity contribution in [3.63, 3.8) is 0 Å². The van der Waals surface area contributed by atoms with E-state index in [1.165, 1.54) is 0 Å². The lowest BCUT2D eigenvalue weighted by atomic mass is 10.0. The third kappa shape index (κ3) is 4.03. The predicted octanol–water partition coefficient (Wildman–Crippen LogP) is 3.93. The summed E-state index contributed by atoms with van der Waals surface area (Å²) in [6.45, 7) is 2.05. The Bertz CT molecular complexity index is 1210. The Morgan fingerprint density at radius 3 is 2.40 bits per heavy atom. The highest BCUT2D eigenvalue weighted by Gasteiger charge is 2.15. The van der Waals surface area contributed by atoms with Crippen LogP contribution in [0, 0.1) is 0 Å². The predicted molar refractivity (Wildman–Crippen MR) is 116 cm³/mol. The minimum atomic E-state index is -0.419. The van der Waals surface area contributed by atoms with E-state index >= 15 is 0 Å². The molecule has 0 aliphatic heterocycles. The average Bonchev–Trinajstić information content (AvgIpc) is 2.82. The molecule has 6 nitrogen and oxygen atoms in total. The van der Waals surface area contributed by atoms with Crippen LogP contribution in [0.2, 0.25) is 0 Å². The standard InChI is InChI=1S/C24H20N4O2/c1-2-16-9-11-17(12-10-16)23(29)27-28-24(30)20-14-22(18-6-5-13-25-15-18)26-21-8-4-3-7-19(20)21/h3-15H,2H2,1H3,(H,27,29)(H,28,30). The number of nitrogens with zero attached hydrogens (tertiary/aromatic N) is 2. The fraction of sp³-hybridized carbons (Fsp3) is 0.0833. The second-order valence-electron chi connectivity index (χ2n) is 6.77. The van der Waals surface area contributed by atoms with Gasteiger partial charge in [0.05, 0.1) is 16.8 Å². The Hall–Kier alpha value is -4.06. The summed E-state index contributed by atoms with van der Waals surface area (Å²) in [5.41, 5.74) is 9.16. The van der Waals surface area contributed by atoms with Crippen molar-refractivity contribution in [2.45, 2.75) is 13.3 Å². The van der Waals surface area contributed by atoms with Gasteiger partial charge >= 0.3 is 0 Å². The number of pyridine rings is 2. The van der Waals surface area contributed by atoms with Gasteiger partial charge in [-0.2, -0.15) is 0 Å². The maximum Gasteiger partial charge on any atom is 0.270 e. The van der Waals surface area contributed by atoms with E-state index in [1.54, 1.807) is 30.6 Å². The number of aryl methyl sites for hydroxylation is 1. The maximum absolute atomic E-state index is 12.9. The molecule has 2 amide bonds. The molecule has 2 aromatic heterocycles. The highest BCUT2D eigenvalue weighted by molar-refractivity contribution is 6.08. The molecule has 0 radical (unpaired) electrons. The summed E-state index contributed by atoms with van der Waals surface area (Å²) >= 11 is 0. The number of hydrazine groups is 1. The summed E-state index contributed by atoms with van der Waals surface area (Å²) in [5.74, 6) is -0.797. The number of para-hydroxylation sites is 1. The van der Waals surface area contributed by atoms with Gasteiger partial charge < -0.3 is 0 Å². The van der Waals surface area contributed by atoms with Gasteiger partial charge in [-0.3, -0.25) is 25.4 Å². The molecular formula is C24H20N4O2. The van der Waals surface area contributed by atoms with Gasteiger partial charge in [0.15, 0.2) is 0 Å². The minimum absolute atomic E-state index is 0.378. The average molecular weight is 396 g/mol. The molecule has 0 aliphatic rings. The molecule has 2 heterocycles. The van der Waals surface area contributed by atoms with Crippen LogP contribution in [0.1, 0.15) is 33.2 Å². The number of carbonyl (C=O) groups is 2. The highest BCUT2D eigenvalue weighted by atomic mass is 16.2. The molecule has 0 fully saturated rings. The number of carbonyl (C=O) groups excluding carboxylic acids is 2. The summed E-state index contributed by atoms with van der Waals surface area (Å²) in [5, 5.41) is 0.698. The van der Waals surface area contributed by atoms with Crippen LogP contribution in [0.15, 0.2) is 79.1 Å². The molecule has 0 unspecified atom stereocenters. The first-order valence-corrected chi connectivity index (χ1v) is 9.65. The Balaban J connectivity index is 1.59. The van der Waals surface area contributed by atoms with Crippen molar-refractivity contribution in [1.82, 2.24) is 20.8 Å². The Morgan fingerprint density at radius 1 is 0.900 bits per heavy atom. The normalized spacial score (nSPS) is 10.6. The number of nitrogens with one attached hydrogen (secondary N) is 2. The van der Waals surface area contributed by atoms with Gasteiger partial charge in [-0.25, -0.2) is 4.98 Å². The summed E-state index contributed by atoms with van der Waals surface area (Å²) in [6.07, 6.45) is 4.27. The lowest BCUT2D eigenvalue weighted by molar-refractivity contribution is 0.0847. The number of fused-ring (bicyclic) bond motifs is 1. The fourth-order valence-corrected chi connectivity index (χ4v) is 3.17. The highest BCUT2D eigenvalue weighted by Crippen LogP contribution is 2.24. The molecule has 30 heavy (non-hydrogen) atoms. The summed E-state index contributed by atoms with van der Waals surface area (Å²) in [7, 11) is 0. The molecule has 0 spiro atoms. The first-order chi connectivity index (χ1) is 14.7. The lowest BCUT2D eigenvalue weighted by Gasteiger charge is -2.11. The molecule has 0 aliphatic carbocycles. The van der Waals surface area contributed by atoms with Gasteiger partial charge in [0.2, 0.25) is 0 Å². The van der Waals surface area contributed by atoms with E-state index < -0.39 is 5.91 Å². The summed E-state index contributed by atoms with van der Waals surface area (Å²) in [4.78, 5) is 34.1. The summed E-state index contributed by atoms with van der Waals surface area (Å²) in [6, 6.07) is 20.1. The lowest BCUT2D eigenvalue weighted by Crippen LogP contribution is -2.41. The van der Waals surface area contributed by atoms with E-state index in [2.05, 4.69) is 20.8 Å². The second kappa shape index (κ2) is 8.53. The van der Waals surface area contributed by atoms with E-state index in [-0.39, 0.29) is 5.91 Å². The van der Waals surface area contributed by atoms with E-state index in [0.29, 0.717) is 27.7 Å². The van der Waals surface area contributed by atoms with Crippen LogP contribution in [-0.4, -0.2) is 21.8 Å². The second-order valence-corrected chi connectivity index (χ2v) is 6.77. The Kier molecular flexibility index (Phi) is 5.48. The first kappa shape index (κ1) is 19.3. The molecule has 0 atom stereocenters. The number of benzene rings is 2. The molecule has 2 N–H and O–H groups in total. The Labute approximate surface area is 174 Å². The molecule has 4 rings (SSSR count). The Morgan fingerprint density at radius 2 is 1.67 bits per heavy atom.